The molecule has 0 N–H and O–H groups in total. The Kier molecular flexibility index (Phi) is 27.2. The van der Waals surface area contributed by atoms with Crippen molar-refractivity contribution in [3.05, 3.63) is 0 Å². The normalized spacial score (nSPS) is 10.9. The molecule has 256 valence electrons. The maximum atomic E-state index is 10.8. The number of carbonyl (C=O) groups is 8. The summed E-state index contributed by atoms with van der Waals surface area (Å²) in [5, 5.41) is 39.9. The maximum absolute atomic E-state index is 10.8. The van der Waals surface area contributed by atoms with Crippen molar-refractivity contribution < 1.29 is 80.5 Å². The van der Waals surface area contributed by atoms with Gasteiger partial charge in [0.1, 0.15) is 23.1 Å². The number of hydrogen-bond acceptors (Lipinski definition) is 12. The van der Waals surface area contributed by atoms with Gasteiger partial charge in [0.05, 0.1) is 0 Å². The summed E-state index contributed by atoms with van der Waals surface area (Å²) >= 11 is 0. The molecular weight excluding hydrogens is 624 g/mol. The Morgan fingerprint density at radius 1 is 0.333 bits per heavy atom. The molecule has 0 saturated carbocycles. The zero-order valence-electron chi connectivity index (χ0n) is 29.1. The maximum Gasteiger partial charge on any atom is 4.00 e. The van der Waals surface area contributed by atoms with Crippen LogP contribution < -0.4 is 20.4 Å². The van der Waals surface area contributed by atoms with Crippen molar-refractivity contribution in [1.29, 1.82) is 0 Å². The van der Waals surface area contributed by atoms with Gasteiger partial charge in [-0.2, -0.15) is 0 Å². The van der Waals surface area contributed by atoms with Gasteiger partial charge in [0.15, 0.2) is 0 Å². The molecule has 13 heteroatoms. The van der Waals surface area contributed by atoms with Crippen molar-refractivity contribution in [2.75, 3.05) is 0 Å². The van der Waals surface area contributed by atoms with Gasteiger partial charge in [-0.3, -0.25) is 19.2 Å². The first kappa shape index (κ1) is 51.8. The molecule has 0 spiro atoms. The largest absolute Gasteiger partial charge is 4.00 e. The average molecular weight is 677 g/mol. The predicted octanol–water partition coefficient (Wildman–Crippen LogP) is 0.524. The van der Waals surface area contributed by atoms with E-state index < -0.39 is 49.6 Å². The van der Waals surface area contributed by atoms with Gasteiger partial charge in [0, 0.05) is 75.2 Å². The molecule has 0 aliphatic heterocycles. The molecule has 0 radical (unpaired) electrons. The van der Waals surface area contributed by atoms with E-state index in [0.717, 1.165) is 0 Å². The molecule has 0 aromatic carbocycles. The van der Waals surface area contributed by atoms with Crippen molar-refractivity contribution in [2.24, 2.45) is 21.7 Å². The summed E-state index contributed by atoms with van der Waals surface area (Å²) in [6.07, 6.45) is -0.674. The van der Waals surface area contributed by atoms with Crippen molar-refractivity contribution in [1.82, 2.24) is 0 Å². The van der Waals surface area contributed by atoms with Crippen LogP contribution in [0.4, 0.5) is 0 Å². The Bertz CT molecular complexity index is 826. The van der Waals surface area contributed by atoms with Gasteiger partial charge >= 0.3 is 21.7 Å². The molecule has 12 nitrogen and oxygen atoms in total. The number of aliphatic carboxylic acids is 4. The monoisotopic (exact) mass is 676 g/mol. The zero-order valence-corrected chi connectivity index (χ0v) is 30.6. The van der Waals surface area contributed by atoms with Gasteiger partial charge in [-0.15, -0.1) is 0 Å². The van der Waals surface area contributed by atoms with Gasteiger partial charge in [-0.25, -0.2) is 0 Å². The van der Waals surface area contributed by atoms with Crippen LogP contribution in [0, 0.1) is 21.7 Å². The molecule has 0 heterocycles. The minimum absolute atomic E-state index is 0. The van der Waals surface area contributed by atoms with E-state index in [1.165, 1.54) is 0 Å². The summed E-state index contributed by atoms with van der Waals surface area (Å²) in [4.78, 5) is 83.2. The minimum atomic E-state index is -1.29. The number of ketones is 4. The topological polar surface area (TPSA) is 229 Å². The van der Waals surface area contributed by atoms with Gasteiger partial charge in [0.2, 0.25) is 0 Å². The molecule has 0 rings (SSSR count). The van der Waals surface area contributed by atoms with Crippen LogP contribution in [0.25, 0.3) is 0 Å². The third kappa shape index (κ3) is 57.5. The Balaban J connectivity index is -0.000000157. The first-order valence-corrected chi connectivity index (χ1v) is 14.1. The molecule has 0 aliphatic carbocycles. The second-order valence-corrected chi connectivity index (χ2v) is 15.3. The van der Waals surface area contributed by atoms with E-state index in [0.29, 0.717) is 25.7 Å². The Hall–Kier alpha value is -2.73. The third-order valence-corrected chi connectivity index (χ3v) is 4.28. The molecular formula is C32H52O12Ti. The predicted molar refractivity (Wildman–Crippen MR) is 155 cm³/mol. The van der Waals surface area contributed by atoms with Crippen LogP contribution in [0.5, 0.6) is 0 Å². The average Bonchev–Trinajstić information content (AvgIpc) is 2.60. The number of carbonyl (C=O) groups excluding carboxylic acids is 8. The first-order chi connectivity index (χ1) is 19.2. The SMILES string of the molecule is CC(C)(C)CC(=O)CC(=O)[O-].CC(C)(C)CC(=O)CC(=O)[O-].CC(C)(C)CC(=O)CC(=O)[O-].CC(C)(C)CC(=O)CC(=O)[O-].[Ti+4]. The van der Waals surface area contributed by atoms with Crippen molar-refractivity contribution in [3.63, 3.8) is 0 Å². The molecule has 0 bridgehead atoms. The molecule has 0 fully saturated rings. The molecule has 0 saturated heterocycles. The van der Waals surface area contributed by atoms with Crippen LogP contribution in [-0.2, 0) is 60.1 Å². The van der Waals surface area contributed by atoms with Crippen LogP contribution in [0.1, 0.15) is 134 Å². The van der Waals surface area contributed by atoms with Gasteiger partial charge in [0.25, 0.3) is 0 Å². The molecule has 45 heavy (non-hydrogen) atoms. The summed E-state index contributed by atoms with van der Waals surface area (Å²) in [5.74, 6) is -6.23. The smallest absolute Gasteiger partial charge is 0.550 e. The van der Waals surface area contributed by atoms with Crippen LogP contribution >= 0.6 is 0 Å². The quantitative estimate of drug-likeness (QED) is 0.204. The molecule has 0 atom stereocenters. The van der Waals surface area contributed by atoms with E-state index in [1.54, 1.807) is 0 Å². The van der Waals surface area contributed by atoms with E-state index in [-0.39, 0.29) is 66.5 Å². The van der Waals surface area contributed by atoms with E-state index >= 15 is 0 Å². The zero-order chi connectivity index (χ0) is 36.3. The number of carboxylic acids is 4. The standard InChI is InChI=1S/4C8H14O3.Ti/c4*1-8(2,3)5-6(9)4-7(10)11;/h4*4-5H2,1-3H3,(H,10,11);/q;;;;+4/p-4. The third-order valence-electron chi connectivity index (χ3n) is 4.28. The van der Waals surface area contributed by atoms with Crippen LogP contribution in [-0.4, -0.2) is 47.0 Å². The molecule has 0 aliphatic rings. The van der Waals surface area contributed by atoms with E-state index in [2.05, 4.69) is 0 Å². The summed E-state index contributed by atoms with van der Waals surface area (Å²) < 4.78 is 0. The molecule has 0 amide bonds. The van der Waals surface area contributed by atoms with Crippen LogP contribution in [0.15, 0.2) is 0 Å². The molecule has 0 aromatic rings. The molecule has 0 unspecified atom stereocenters. The Morgan fingerprint density at radius 3 is 0.511 bits per heavy atom. The van der Waals surface area contributed by atoms with Crippen LogP contribution in [0.3, 0.4) is 0 Å². The number of Topliss-reactive ketones (excluding diaryl/α,β-unsaturated/α-hetero) is 4. The van der Waals surface area contributed by atoms with E-state index in [4.69, 9.17) is 0 Å². The Labute approximate surface area is 283 Å². The fourth-order valence-corrected chi connectivity index (χ4v) is 3.26. The number of carboxylic acid groups (broad SMARTS) is 4. The van der Waals surface area contributed by atoms with E-state index in [1.807, 2.05) is 83.1 Å². The van der Waals surface area contributed by atoms with Gasteiger partial charge in [-0.1, -0.05) is 83.1 Å². The van der Waals surface area contributed by atoms with E-state index in [9.17, 15) is 58.8 Å². The summed E-state index contributed by atoms with van der Waals surface area (Å²) in [5.41, 5.74) is -0.530. The summed E-state index contributed by atoms with van der Waals surface area (Å²) in [6.45, 7) is 22.7. The second kappa shape index (κ2) is 23.6. The number of hydrogen-bond donors (Lipinski definition) is 0. The number of rotatable bonds is 12. The Morgan fingerprint density at radius 2 is 0.444 bits per heavy atom. The van der Waals surface area contributed by atoms with Crippen molar-refractivity contribution >= 4 is 47.0 Å². The molecule has 0 aromatic heterocycles. The first-order valence-electron chi connectivity index (χ1n) is 14.1. The minimum Gasteiger partial charge on any atom is -0.550 e. The summed E-state index contributed by atoms with van der Waals surface area (Å²) in [7, 11) is 0. The van der Waals surface area contributed by atoms with Crippen molar-refractivity contribution in [2.45, 2.75) is 134 Å². The van der Waals surface area contributed by atoms with Crippen molar-refractivity contribution in [3.8, 4) is 0 Å². The second-order valence-electron chi connectivity index (χ2n) is 15.3. The fraction of sp³-hybridized carbons (Fsp3) is 0.750. The van der Waals surface area contributed by atoms with Gasteiger partial charge in [-0.05, 0) is 21.7 Å². The summed E-state index contributed by atoms with van der Waals surface area (Å²) in [6, 6.07) is 0. The van der Waals surface area contributed by atoms with Crippen LogP contribution in [0.2, 0.25) is 0 Å². The fourth-order valence-electron chi connectivity index (χ4n) is 3.26. The van der Waals surface area contributed by atoms with Gasteiger partial charge < -0.3 is 39.6 Å².